The average Bonchev–Trinajstić information content (AvgIpc) is 3.11. The summed E-state index contributed by atoms with van der Waals surface area (Å²) in [6.45, 7) is 2.01. The molecule has 0 radical (unpaired) electrons. The Morgan fingerprint density at radius 3 is 2.32 bits per heavy atom. The Bertz CT molecular complexity index is 1510. The first-order valence-electron chi connectivity index (χ1n) is 10.0. The highest BCUT2D eigenvalue weighted by Crippen LogP contribution is 2.34. The number of carbonyl (C=O) groups is 1. The van der Waals surface area contributed by atoms with Crippen molar-refractivity contribution in [2.24, 2.45) is 0 Å². The first kappa shape index (κ1) is 18.9. The van der Waals surface area contributed by atoms with Crippen LogP contribution in [0, 0.1) is 0 Å². The monoisotopic (exact) mass is 412 g/mol. The minimum absolute atomic E-state index is 0.154. The molecular formula is C25H20N2O4. The van der Waals surface area contributed by atoms with Crippen LogP contribution in [0.15, 0.2) is 77.6 Å². The summed E-state index contributed by atoms with van der Waals surface area (Å²) in [5.41, 5.74) is 2.95. The van der Waals surface area contributed by atoms with E-state index in [4.69, 9.17) is 9.47 Å². The minimum Gasteiger partial charge on any atom is -0.497 e. The Labute approximate surface area is 177 Å². The van der Waals surface area contributed by atoms with E-state index in [0.29, 0.717) is 33.3 Å². The molecule has 0 saturated heterocycles. The van der Waals surface area contributed by atoms with E-state index in [1.54, 1.807) is 42.8 Å². The maximum absolute atomic E-state index is 13.4. The number of esters is 1. The average molecular weight is 412 g/mol. The van der Waals surface area contributed by atoms with E-state index in [0.717, 1.165) is 11.1 Å². The van der Waals surface area contributed by atoms with Crippen molar-refractivity contribution in [1.29, 1.82) is 0 Å². The van der Waals surface area contributed by atoms with Crippen molar-refractivity contribution in [1.82, 2.24) is 9.03 Å². The number of rotatable bonds is 4. The number of hydrogen-bond donors (Lipinski definition) is 0. The molecule has 0 N–H and O–H groups in total. The molecule has 0 aliphatic carbocycles. The van der Waals surface area contributed by atoms with Crippen LogP contribution >= 0.6 is 0 Å². The van der Waals surface area contributed by atoms with E-state index >= 15 is 0 Å². The van der Waals surface area contributed by atoms with Gasteiger partial charge < -0.3 is 9.47 Å². The van der Waals surface area contributed by atoms with E-state index in [2.05, 4.69) is 0 Å². The summed E-state index contributed by atoms with van der Waals surface area (Å²) in [5.74, 6) is 0.137. The number of nitrogens with zero attached hydrogens (tertiary/aromatic N) is 2. The van der Waals surface area contributed by atoms with Gasteiger partial charge in [-0.05, 0) is 37.3 Å². The van der Waals surface area contributed by atoms with Gasteiger partial charge in [-0.1, -0.05) is 42.5 Å². The molecule has 2 aromatic heterocycles. The topological polar surface area (TPSA) is 61.4 Å². The quantitative estimate of drug-likeness (QED) is 0.406. The van der Waals surface area contributed by atoms with Crippen molar-refractivity contribution >= 4 is 27.8 Å². The number of carbonyl (C=O) groups excluding carboxylic acids is 1. The molecular weight excluding hydrogens is 392 g/mol. The molecule has 154 valence electrons. The Kier molecular flexibility index (Phi) is 4.47. The number of aromatic nitrogens is 2. The molecule has 0 spiro atoms. The molecule has 6 nitrogen and oxygen atoms in total. The standard InChI is InChI=1S/C25H20N2O4/c1-3-31-25(29)22-19-15-17(30-2)13-14-21(19)27-24(28)18-11-7-8-12-20(18)26(27)23(22)16-9-5-4-6-10-16/h4-15H,3H2,1-2H3. The number of hydrogen-bond acceptors (Lipinski definition) is 4. The number of ether oxygens (including phenoxy) is 2. The summed E-state index contributed by atoms with van der Waals surface area (Å²) < 4.78 is 14.3. The van der Waals surface area contributed by atoms with Crippen LogP contribution in [0.5, 0.6) is 5.75 Å². The molecule has 3 aromatic carbocycles. The third-order valence-electron chi connectivity index (χ3n) is 5.43. The van der Waals surface area contributed by atoms with Gasteiger partial charge >= 0.3 is 5.97 Å². The van der Waals surface area contributed by atoms with Crippen molar-refractivity contribution < 1.29 is 14.3 Å². The predicted octanol–water partition coefficient (Wildman–Crippen LogP) is 4.56. The van der Waals surface area contributed by atoms with Crippen LogP contribution < -0.4 is 10.3 Å². The fourth-order valence-electron chi connectivity index (χ4n) is 4.12. The highest BCUT2D eigenvalue weighted by molar-refractivity contribution is 6.09. The Balaban J connectivity index is 2.12. The predicted molar refractivity (Wildman–Crippen MR) is 120 cm³/mol. The number of fused-ring (bicyclic) bond motifs is 5. The minimum atomic E-state index is -0.452. The molecule has 31 heavy (non-hydrogen) atoms. The highest BCUT2D eigenvalue weighted by atomic mass is 16.5. The maximum Gasteiger partial charge on any atom is 0.341 e. The third-order valence-corrected chi connectivity index (χ3v) is 5.43. The van der Waals surface area contributed by atoms with Crippen molar-refractivity contribution in [3.05, 3.63) is 88.7 Å². The lowest BCUT2D eigenvalue weighted by atomic mass is 10.0. The van der Waals surface area contributed by atoms with Crippen LogP contribution in [0.4, 0.5) is 0 Å². The van der Waals surface area contributed by atoms with Gasteiger partial charge in [0, 0.05) is 10.9 Å². The second-order valence-electron chi connectivity index (χ2n) is 7.14. The van der Waals surface area contributed by atoms with Gasteiger partial charge in [-0.15, -0.1) is 0 Å². The second kappa shape index (κ2) is 7.32. The fourth-order valence-corrected chi connectivity index (χ4v) is 4.12. The summed E-state index contributed by atoms with van der Waals surface area (Å²) in [5, 5.41) is 1.16. The van der Waals surface area contributed by atoms with Crippen molar-refractivity contribution in [3.8, 4) is 17.0 Å². The number of para-hydroxylation sites is 1. The molecule has 0 bridgehead atoms. The molecule has 0 unspecified atom stereocenters. The lowest BCUT2D eigenvalue weighted by molar-refractivity contribution is 0.0529. The summed E-state index contributed by atoms with van der Waals surface area (Å²) >= 11 is 0. The maximum atomic E-state index is 13.4. The van der Waals surface area contributed by atoms with Gasteiger partial charge in [0.2, 0.25) is 0 Å². The Morgan fingerprint density at radius 1 is 0.871 bits per heavy atom. The van der Waals surface area contributed by atoms with Gasteiger partial charge in [-0.25, -0.2) is 13.8 Å². The lowest BCUT2D eigenvalue weighted by Gasteiger charge is -2.18. The first-order chi connectivity index (χ1) is 15.2. The van der Waals surface area contributed by atoms with E-state index in [9.17, 15) is 9.59 Å². The van der Waals surface area contributed by atoms with E-state index < -0.39 is 5.97 Å². The normalized spacial score (nSPS) is 11.3. The zero-order valence-electron chi connectivity index (χ0n) is 17.2. The van der Waals surface area contributed by atoms with Gasteiger partial charge in [0.15, 0.2) is 0 Å². The molecule has 0 saturated carbocycles. The lowest BCUT2D eigenvalue weighted by Crippen LogP contribution is -2.18. The number of methoxy groups -OCH3 is 1. The summed E-state index contributed by atoms with van der Waals surface area (Å²) in [6, 6.07) is 22.3. The molecule has 0 aliphatic heterocycles. The second-order valence-corrected chi connectivity index (χ2v) is 7.14. The van der Waals surface area contributed by atoms with Crippen LogP contribution in [-0.2, 0) is 4.74 Å². The zero-order valence-corrected chi connectivity index (χ0v) is 17.2. The highest BCUT2D eigenvalue weighted by Gasteiger charge is 2.25. The molecule has 5 aromatic rings. The molecule has 2 heterocycles. The SMILES string of the molecule is CCOC(=O)c1c(-c2ccccc2)n2c3ccccc3c(=O)n2c2ccc(OC)cc12. The van der Waals surface area contributed by atoms with Gasteiger partial charge in [-0.3, -0.25) is 4.79 Å². The Hall–Kier alpha value is -4.06. The number of benzene rings is 3. The van der Waals surface area contributed by atoms with E-state index in [1.807, 2.05) is 53.0 Å². The zero-order chi connectivity index (χ0) is 21.5. The first-order valence-corrected chi connectivity index (χ1v) is 10.0. The molecule has 5 rings (SSSR count). The summed E-state index contributed by atoms with van der Waals surface area (Å²) in [6.07, 6.45) is 0. The van der Waals surface area contributed by atoms with Crippen molar-refractivity contribution in [2.75, 3.05) is 13.7 Å². The molecule has 0 fully saturated rings. The van der Waals surface area contributed by atoms with Crippen LogP contribution in [0.25, 0.3) is 33.1 Å². The summed E-state index contributed by atoms with van der Waals surface area (Å²) in [7, 11) is 1.57. The van der Waals surface area contributed by atoms with Crippen LogP contribution in [0.1, 0.15) is 17.3 Å². The van der Waals surface area contributed by atoms with Gasteiger partial charge in [0.25, 0.3) is 5.56 Å². The molecule has 6 heteroatoms. The van der Waals surface area contributed by atoms with Gasteiger partial charge in [0.05, 0.1) is 41.4 Å². The van der Waals surface area contributed by atoms with Crippen molar-refractivity contribution in [2.45, 2.75) is 6.92 Å². The van der Waals surface area contributed by atoms with Gasteiger partial charge in [0.1, 0.15) is 5.75 Å². The van der Waals surface area contributed by atoms with E-state index in [-0.39, 0.29) is 12.2 Å². The van der Waals surface area contributed by atoms with Crippen molar-refractivity contribution in [3.63, 3.8) is 0 Å². The smallest absolute Gasteiger partial charge is 0.341 e. The summed E-state index contributed by atoms with van der Waals surface area (Å²) in [4.78, 5) is 26.7. The van der Waals surface area contributed by atoms with Crippen LogP contribution in [0.2, 0.25) is 0 Å². The molecule has 0 aliphatic rings. The largest absolute Gasteiger partial charge is 0.497 e. The van der Waals surface area contributed by atoms with Crippen LogP contribution in [-0.4, -0.2) is 28.7 Å². The van der Waals surface area contributed by atoms with E-state index in [1.165, 1.54) is 0 Å². The third kappa shape index (κ3) is 2.79. The molecule has 0 amide bonds. The fraction of sp³-hybridized carbons (Fsp3) is 0.120. The molecule has 0 atom stereocenters. The van der Waals surface area contributed by atoms with Gasteiger partial charge in [-0.2, -0.15) is 0 Å². The Morgan fingerprint density at radius 2 is 1.58 bits per heavy atom. The van der Waals surface area contributed by atoms with Crippen LogP contribution in [0.3, 0.4) is 0 Å².